The molecule has 0 heterocycles. The molecule has 0 unspecified atom stereocenters. The molecule has 0 spiro atoms. The summed E-state index contributed by atoms with van der Waals surface area (Å²) in [6.45, 7) is 0.575. The highest BCUT2D eigenvalue weighted by Gasteiger charge is 1.96. The van der Waals surface area contributed by atoms with Crippen molar-refractivity contribution in [3.8, 4) is 0 Å². The van der Waals surface area contributed by atoms with Crippen molar-refractivity contribution in [2.24, 2.45) is 16.5 Å². The molecule has 4 N–H and O–H groups in total. The monoisotopic (exact) mass is 265 g/mol. The number of aliphatic imine (C=N–C) groups is 1. The molecule has 0 atom stereocenters. The number of nitrogens with zero attached hydrogens (tertiary/aromatic N) is 1. The van der Waals surface area contributed by atoms with Crippen LogP contribution in [0.1, 0.15) is 22.3 Å². The molecular weight excluding hydrogens is 246 g/mol. The fraction of sp³-hybridized carbons (Fsp3) is 0.118. The van der Waals surface area contributed by atoms with Gasteiger partial charge in [-0.05, 0) is 16.7 Å². The Kier molecular flexibility index (Phi) is 4.69. The van der Waals surface area contributed by atoms with Gasteiger partial charge in [0.15, 0.2) is 0 Å². The fourth-order valence-electron chi connectivity index (χ4n) is 1.85. The van der Waals surface area contributed by atoms with Crippen LogP contribution in [0, 0.1) is 0 Å². The van der Waals surface area contributed by atoms with E-state index in [0.717, 1.165) is 22.3 Å². The van der Waals surface area contributed by atoms with E-state index in [9.17, 15) is 0 Å². The molecule has 2 rings (SSSR count). The van der Waals surface area contributed by atoms with Crippen molar-refractivity contribution in [1.29, 1.82) is 0 Å². The van der Waals surface area contributed by atoms with Crippen molar-refractivity contribution in [3.05, 3.63) is 70.8 Å². The van der Waals surface area contributed by atoms with Crippen LogP contribution in [-0.4, -0.2) is 12.9 Å². The van der Waals surface area contributed by atoms with E-state index >= 15 is 0 Å². The third-order valence-corrected chi connectivity index (χ3v) is 3.13. The summed E-state index contributed by atoms with van der Waals surface area (Å²) < 4.78 is 0. The van der Waals surface area contributed by atoms with Gasteiger partial charge in [-0.1, -0.05) is 60.7 Å². The minimum atomic E-state index is 0.554. The summed E-state index contributed by atoms with van der Waals surface area (Å²) in [7, 11) is 1.69. The van der Waals surface area contributed by atoms with Gasteiger partial charge in [0.05, 0.1) is 0 Å². The van der Waals surface area contributed by atoms with Crippen LogP contribution >= 0.6 is 0 Å². The normalized spacial score (nSPS) is 12.0. The van der Waals surface area contributed by atoms with E-state index in [1.807, 2.05) is 36.4 Å². The topological polar surface area (TPSA) is 64.4 Å². The van der Waals surface area contributed by atoms with E-state index in [-0.39, 0.29) is 0 Å². The van der Waals surface area contributed by atoms with Gasteiger partial charge >= 0.3 is 0 Å². The Hall–Kier alpha value is -2.39. The second kappa shape index (κ2) is 6.68. The summed E-state index contributed by atoms with van der Waals surface area (Å²) >= 11 is 0. The minimum Gasteiger partial charge on any atom is -0.384 e. The Morgan fingerprint density at radius 3 is 1.90 bits per heavy atom. The number of hydrogen-bond donors (Lipinski definition) is 2. The maximum absolute atomic E-state index is 5.76. The van der Waals surface area contributed by atoms with Crippen LogP contribution in [0.2, 0.25) is 0 Å². The van der Waals surface area contributed by atoms with Crippen LogP contribution in [0.3, 0.4) is 0 Å². The van der Waals surface area contributed by atoms with E-state index in [4.69, 9.17) is 11.5 Å². The largest absolute Gasteiger partial charge is 0.384 e. The molecule has 0 saturated heterocycles. The molecule has 0 amide bonds. The molecule has 0 aromatic heterocycles. The molecule has 0 fully saturated rings. The summed E-state index contributed by atoms with van der Waals surface area (Å²) in [4.78, 5) is 3.96. The standard InChI is InChI=1S/C17H19N3/c1-20-17(19)16-10-8-14(9-11-16)3-2-13-4-6-15(12-18)7-5-13/h2-11H,12,18H2,1H3,(H2,19,20)/b3-2+. The van der Waals surface area contributed by atoms with Crippen LogP contribution in [-0.2, 0) is 6.54 Å². The smallest absolute Gasteiger partial charge is 0.125 e. The van der Waals surface area contributed by atoms with E-state index in [0.29, 0.717) is 12.4 Å². The lowest BCUT2D eigenvalue weighted by Gasteiger charge is -2.00. The van der Waals surface area contributed by atoms with Crippen molar-refractivity contribution < 1.29 is 0 Å². The first-order valence-corrected chi connectivity index (χ1v) is 6.52. The summed E-state index contributed by atoms with van der Waals surface area (Å²) in [6.07, 6.45) is 4.15. The maximum atomic E-state index is 5.76. The molecule has 0 aliphatic rings. The summed E-state index contributed by atoms with van der Waals surface area (Å²) in [5, 5.41) is 0. The van der Waals surface area contributed by atoms with Crippen molar-refractivity contribution in [2.75, 3.05) is 7.05 Å². The number of nitrogens with two attached hydrogens (primary N) is 2. The average Bonchev–Trinajstić information content (AvgIpc) is 2.53. The van der Waals surface area contributed by atoms with Gasteiger partial charge in [-0.25, -0.2) is 0 Å². The third-order valence-electron chi connectivity index (χ3n) is 3.13. The molecule has 0 radical (unpaired) electrons. The summed E-state index contributed by atoms with van der Waals surface area (Å²) in [6, 6.07) is 16.2. The quantitative estimate of drug-likeness (QED) is 0.507. The van der Waals surface area contributed by atoms with Gasteiger partial charge < -0.3 is 11.5 Å². The van der Waals surface area contributed by atoms with Crippen LogP contribution in [0.4, 0.5) is 0 Å². The van der Waals surface area contributed by atoms with Crippen LogP contribution < -0.4 is 11.5 Å². The second-order valence-corrected chi connectivity index (χ2v) is 4.51. The average molecular weight is 265 g/mol. The van der Waals surface area contributed by atoms with Gasteiger partial charge in [0.25, 0.3) is 0 Å². The molecule has 3 heteroatoms. The summed E-state index contributed by atoms with van der Waals surface area (Å²) in [5.41, 5.74) is 15.7. The van der Waals surface area contributed by atoms with Gasteiger partial charge in [0.1, 0.15) is 5.84 Å². The maximum Gasteiger partial charge on any atom is 0.125 e. The lowest BCUT2D eigenvalue weighted by molar-refractivity contribution is 1.07. The first-order chi connectivity index (χ1) is 9.72. The molecule has 20 heavy (non-hydrogen) atoms. The van der Waals surface area contributed by atoms with E-state index < -0.39 is 0 Å². The number of hydrogen-bond acceptors (Lipinski definition) is 2. The Morgan fingerprint density at radius 2 is 1.45 bits per heavy atom. The SMILES string of the molecule is CN=C(N)c1ccc(/C=C/c2ccc(CN)cc2)cc1. The molecule has 2 aromatic rings. The molecule has 3 nitrogen and oxygen atoms in total. The van der Waals surface area contributed by atoms with Crippen molar-refractivity contribution in [3.63, 3.8) is 0 Å². The highest BCUT2D eigenvalue weighted by molar-refractivity contribution is 5.97. The highest BCUT2D eigenvalue weighted by atomic mass is 14.8. The Labute approximate surface area is 119 Å². The van der Waals surface area contributed by atoms with E-state index in [1.165, 1.54) is 0 Å². The zero-order valence-electron chi connectivity index (χ0n) is 11.6. The summed E-state index contributed by atoms with van der Waals surface area (Å²) in [5.74, 6) is 0.554. The molecule has 0 bridgehead atoms. The Morgan fingerprint density at radius 1 is 0.950 bits per heavy atom. The van der Waals surface area contributed by atoms with Crippen LogP contribution in [0.15, 0.2) is 53.5 Å². The van der Waals surface area contributed by atoms with Crippen molar-refractivity contribution >= 4 is 18.0 Å². The zero-order valence-corrected chi connectivity index (χ0v) is 11.6. The minimum absolute atomic E-state index is 0.554. The lowest BCUT2D eigenvalue weighted by Crippen LogP contribution is -2.12. The highest BCUT2D eigenvalue weighted by Crippen LogP contribution is 2.11. The fourth-order valence-corrected chi connectivity index (χ4v) is 1.85. The zero-order chi connectivity index (χ0) is 14.4. The first-order valence-electron chi connectivity index (χ1n) is 6.52. The van der Waals surface area contributed by atoms with Gasteiger partial charge in [0.2, 0.25) is 0 Å². The molecular formula is C17H19N3. The third kappa shape index (κ3) is 3.56. The molecule has 0 aliphatic carbocycles. The second-order valence-electron chi connectivity index (χ2n) is 4.51. The predicted octanol–water partition coefficient (Wildman–Crippen LogP) is 2.65. The number of rotatable bonds is 4. The van der Waals surface area contributed by atoms with Gasteiger partial charge in [-0.3, -0.25) is 4.99 Å². The van der Waals surface area contributed by atoms with Crippen molar-refractivity contribution in [2.45, 2.75) is 6.54 Å². The van der Waals surface area contributed by atoms with Gasteiger partial charge in [-0.2, -0.15) is 0 Å². The lowest BCUT2D eigenvalue weighted by atomic mass is 10.1. The Balaban J connectivity index is 2.10. The van der Waals surface area contributed by atoms with E-state index in [2.05, 4.69) is 29.3 Å². The van der Waals surface area contributed by atoms with Crippen LogP contribution in [0.5, 0.6) is 0 Å². The molecule has 102 valence electrons. The number of benzene rings is 2. The predicted molar refractivity (Wildman–Crippen MR) is 86.4 cm³/mol. The van der Waals surface area contributed by atoms with Crippen LogP contribution in [0.25, 0.3) is 12.2 Å². The van der Waals surface area contributed by atoms with Crippen molar-refractivity contribution in [1.82, 2.24) is 0 Å². The van der Waals surface area contributed by atoms with Gasteiger partial charge in [-0.15, -0.1) is 0 Å². The van der Waals surface area contributed by atoms with Gasteiger partial charge in [0, 0.05) is 19.2 Å². The van der Waals surface area contributed by atoms with E-state index in [1.54, 1.807) is 7.05 Å². The first kappa shape index (κ1) is 14.0. The molecule has 2 aromatic carbocycles. The number of amidine groups is 1. The Bertz CT molecular complexity index is 608. The molecule has 0 saturated carbocycles. The molecule has 0 aliphatic heterocycles.